The van der Waals surface area contributed by atoms with Crippen molar-refractivity contribution in [1.82, 2.24) is 19.6 Å². The van der Waals surface area contributed by atoms with Crippen LogP contribution in [0.4, 0.5) is 0 Å². The standard InChI is InChI=1S/C20H22N4OS/c1-22-10-6-11-23(13-12-22)20(25)18-15-17(19-9-5-14-26-19)21-24(18)16-7-3-2-4-8-16/h2-5,7-9,14-15H,6,10-13H2,1H3. The first kappa shape index (κ1) is 17.0. The highest BCUT2D eigenvalue weighted by Crippen LogP contribution is 2.26. The Labute approximate surface area is 157 Å². The summed E-state index contributed by atoms with van der Waals surface area (Å²) in [4.78, 5) is 18.6. The van der Waals surface area contributed by atoms with E-state index in [4.69, 9.17) is 5.10 Å². The highest BCUT2D eigenvalue weighted by molar-refractivity contribution is 7.13. The quantitative estimate of drug-likeness (QED) is 0.714. The highest BCUT2D eigenvalue weighted by Gasteiger charge is 2.24. The number of hydrogen-bond acceptors (Lipinski definition) is 4. The van der Waals surface area contributed by atoms with Crippen molar-refractivity contribution in [2.75, 3.05) is 33.2 Å². The van der Waals surface area contributed by atoms with Crippen LogP contribution in [0.2, 0.25) is 0 Å². The van der Waals surface area contributed by atoms with Crippen molar-refractivity contribution in [3.63, 3.8) is 0 Å². The number of benzene rings is 1. The smallest absolute Gasteiger partial charge is 0.272 e. The zero-order valence-electron chi connectivity index (χ0n) is 14.8. The number of carbonyl (C=O) groups is 1. The largest absolute Gasteiger partial charge is 0.336 e. The van der Waals surface area contributed by atoms with Gasteiger partial charge in [0.25, 0.3) is 5.91 Å². The monoisotopic (exact) mass is 366 g/mol. The van der Waals surface area contributed by atoms with Gasteiger partial charge in [0, 0.05) is 19.6 Å². The fourth-order valence-electron chi connectivity index (χ4n) is 3.26. The Balaban J connectivity index is 1.73. The second-order valence-corrected chi connectivity index (χ2v) is 7.54. The van der Waals surface area contributed by atoms with Crippen molar-refractivity contribution in [2.24, 2.45) is 0 Å². The summed E-state index contributed by atoms with van der Waals surface area (Å²) in [5.74, 6) is 0.0551. The lowest BCUT2D eigenvalue weighted by Crippen LogP contribution is -2.35. The van der Waals surface area contributed by atoms with Crippen LogP contribution in [0.25, 0.3) is 16.3 Å². The van der Waals surface area contributed by atoms with Gasteiger partial charge in [0.05, 0.1) is 10.6 Å². The molecule has 1 aromatic carbocycles. The van der Waals surface area contributed by atoms with Gasteiger partial charge in [-0.1, -0.05) is 24.3 Å². The summed E-state index contributed by atoms with van der Waals surface area (Å²) in [5.41, 5.74) is 2.38. The minimum Gasteiger partial charge on any atom is -0.336 e. The first-order valence-corrected chi connectivity index (χ1v) is 9.77. The molecule has 0 radical (unpaired) electrons. The van der Waals surface area contributed by atoms with Gasteiger partial charge in [-0.15, -0.1) is 11.3 Å². The Morgan fingerprint density at radius 3 is 2.65 bits per heavy atom. The number of aromatic nitrogens is 2. The third-order valence-electron chi connectivity index (χ3n) is 4.71. The number of rotatable bonds is 3. The molecule has 26 heavy (non-hydrogen) atoms. The van der Waals surface area contributed by atoms with Gasteiger partial charge in [-0.3, -0.25) is 4.79 Å². The summed E-state index contributed by atoms with van der Waals surface area (Å²) in [6, 6.07) is 15.9. The molecule has 4 rings (SSSR count). The Morgan fingerprint density at radius 2 is 1.88 bits per heavy atom. The Hall–Kier alpha value is -2.44. The predicted molar refractivity (Wildman–Crippen MR) is 105 cm³/mol. The average molecular weight is 366 g/mol. The molecule has 6 heteroatoms. The topological polar surface area (TPSA) is 41.4 Å². The molecule has 1 saturated heterocycles. The molecule has 0 unspecified atom stereocenters. The van der Waals surface area contributed by atoms with Crippen molar-refractivity contribution in [2.45, 2.75) is 6.42 Å². The number of thiophene rings is 1. The van der Waals surface area contributed by atoms with Crippen molar-refractivity contribution in [3.05, 3.63) is 59.6 Å². The third-order valence-corrected chi connectivity index (χ3v) is 5.60. The third kappa shape index (κ3) is 3.43. The van der Waals surface area contributed by atoms with Crippen LogP contribution in [-0.4, -0.2) is 58.7 Å². The fraction of sp³-hybridized carbons (Fsp3) is 0.300. The number of para-hydroxylation sites is 1. The second kappa shape index (κ2) is 7.43. The summed E-state index contributed by atoms with van der Waals surface area (Å²) < 4.78 is 1.78. The second-order valence-electron chi connectivity index (χ2n) is 6.59. The van der Waals surface area contributed by atoms with E-state index in [0.29, 0.717) is 5.69 Å². The maximum Gasteiger partial charge on any atom is 0.272 e. The van der Waals surface area contributed by atoms with E-state index < -0.39 is 0 Å². The van der Waals surface area contributed by atoms with Crippen LogP contribution in [0.3, 0.4) is 0 Å². The number of carbonyl (C=O) groups excluding carboxylic acids is 1. The number of nitrogens with zero attached hydrogens (tertiary/aromatic N) is 4. The van der Waals surface area contributed by atoms with Crippen molar-refractivity contribution in [1.29, 1.82) is 0 Å². The molecule has 3 aromatic rings. The molecular weight excluding hydrogens is 344 g/mol. The Kier molecular flexibility index (Phi) is 4.86. The average Bonchev–Trinajstić information content (AvgIpc) is 3.29. The summed E-state index contributed by atoms with van der Waals surface area (Å²) in [6.45, 7) is 3.48. The van der Waals surface area contributed by atoms with Gasteiger partial charge in [0.1, 0.15) is 11.4 Å². The van der Waals surface area contributed by atoms with Crippen LogP contribution in [0, 0.1) is 0 Å². The number of hydrogen-bond donors (Lipinski definition) is 0. The summed E-state index contributed by atoms with van der Waals surface area (Å²) in [6.07, 6.45) is 0.999. The van der Waals surface area contributed by atoms with Gasteiger partial charge in [0.2, 0.25) is 0 Å². The van der Waals surface area contributed by atoms with Crippen LogP contribution < -0.4 is 0 Å². The zero-order valence-corrected chi connectivity index (χ0v) is 15.7. The molecule has 2 aromatic heterocycles. The van der Waals surface area contributed by atoms with E-state index in [0.717, 1.165) is 48.9 Å². The highest BCUT2D eigenvalue weighted by atomic mass is 32.1. The normalized spacial score (nSPS) is 15.8. The Bertz CT molecular complexity index is 873. The number of likely N-dealkylation sites (N-methyl/N-ethyl adjacent to an activating group) is 1. The SMILES string of the molecule is CN1CCCN(C(=O)c2cc(-c3cccs3)nn2-c2ccccc2)CC1. The fourth-order valence-corrected chi connectivity index (χ4v) is 3.94. The van der Waals surface area contributed by atoms with Crippen LogP contribution in [0.5, 0.6) is 0 Å². The Morgan fingerprint density at radius 1 is 1.04 bits per heavy atom. The van der Waals surface area contributed by atoms with E-state index in [-0.39, 0.29) is 5.91 Å². The maximum absolute atomic E-state index is 13.3. The van der Waals surface area contributed by atoms with Gasteiger partial charge in [-0.05, 0) is 49.7 Å². The minimum absolute atomic E-state index is 0.0551. The lowest BCUT2D eigenvalue weighted by Gasteiger charge is -2.20. The van der Waals surface area contributed by atoms with E-state index in [9.17, 15) is 4.79 Å². The molecule has 0 atom stereocenters. The molecule has 5 nitrogen and oxygen atoms in total. The molecule has 0 saturated carbocycles. The van der Waals surface area contributed by atoms with E-state index in [1.54, 1.807) is 16.0 Å². The summed E-state index contributed by atoms with van der Waals surface area (Å²) in [7, 11) is 2.11. The first-order valence-electron chi connectivity index (χ1n) is 8.89. The molecule has 1 aliphatic rings. The molecule has 0 spiro atoms. The molecular formula is C20H22N4OS. The molecule has 3 heterocycles. The van der Waals surface area contributed by atoms with Gasteiger partial charge in [-0.2, -0.15) is 5.10 Å². The van der Waals surface area contributed by atoms with Crippen molar-refractivity contribution >= 4 is 17.2 Å². The lowest BCUT2D eigenvalue weighted by atomic mass is 10.2. The molecule has 1 fully saturated rings. The first-order chi connectivity index (χ1) is 12.7. The lowest BCUT2D eigenvalue weighted by molar-refractivity contribution is 0.0753. The van der Waals surface area contributed by atoms with E-state index in [1.165, 1.54) is 0 Å². The van der Waals surface area contributed by atoms with E-state index in [1.807, 2.05) is 58.8 Å². The molecule has 0 bridgehead atoms. The van der Waals surface area contributed by atoms with Crippen LogP contribution in [-0.2, 0) is 0 Å². The molecule has 0 aliphatic carbocycles. The summed E-state index contributed by atoms with van der Waals surface area (Å²) in [5, 5.41) is 6.78. The molecule has 1 aliphatic heterocycles. The van der Waals surface area contributed by atoms with Crippen LogP contribution in [0.1, 0.15) is 16.9 Å². The van der Waals surface area contributed by atoms with Crippen LogP contribution in [0.15, 0.2) is 53.9 Å². The van der Waals surface area contributed by atoms with E-state index >= 15 is 0 Å². The van der Waals surface area contributed by atoms with Crippen molar-refractivity contribution < 1.29 is 4.79 Å². The maximum atomic E-state index is 13.3. The molecule has 1 amide bonds. The van der Waals surface area contributed by atoms with Gasteiger partial charge in [0.15, 0.2) is 0 Å². The minimum atomic E-state index is 0.0551. The van der Waals surface area contributed by atoms with Crippen LogP contribution >= 0.6 is 11.3 Å². The van der Waals surface area contributed by atoms with E-state index in [2.05, 4.69) is 11.9 Å². The predicted octanol–water partition coefficient (Wildman–Crippen LogP) is 3.38. The van der Waals surface area contributed by atoms with Gasteiger partial charge < -0.3 is 9.80 Å². The van der Waals surface area contributed by atoms with Gasteiger partial charge in [-0.25, -0.2) is 4.68 Å². The zero-order chi connectivity index (χ0) is 17.9. The summed E-state index contributed by atoms with van der Waals surface area (Å²) >= 11 is 1.64. The molecule has 0 N–H and O–H groups in total. The van der Waals surface area contributed by atoms with Crippen molar-refractivity contribution in [3.8, 4) is 16.3 Å². The number of amides is 1. The molecule has 134 valence electrons. The van der Waals surface area contributed by atoms with Gasteiger partial charge >= 0.3 is 0 Å².